The molecule has 3 heterocycles. The number of pyridine rings is 2. The number of halogens is 3. The highest BCUT2D eigenvalue weighted by Crippen LogP contribution is 2.58. The molecule has 4 nitrogen and oxygen atoms in total. The number of thioether (sulfide) groups is 1. The number of hydrogen-bond donors (Lipinski definition) is 1. The smallest absolute Gasteiger partial charge is 0.218 e. The summed E-state index contributed by atoms with van der Waals surface area (Å²) in [6.45, 7) is 2.10. The van der Waals surface area contributed by atoms with Crippen molar-refractivity contribution in [3.05, 3.63) is 58.4 Å². The van der Waals surface area contributed by atoms with E-state index in [4.69, 9.17) is 17.3 Å². The molecule has 2 aromatic rings. The van der Waals surface area contributed by atoms with Crippen LogP contribution in [0.4, 0.5) is 8.78 Å². The summed E-state index contributed by atoms with van der Waals surface area (Å²) in [5, 5.41) is 1.23. The Hall–Kier alpha value is -1.99. The van der Waals surface area contributed by atoms with Gasteiger partial charge in [-0.1, -0.05) is 30.3 Å². The first kappa shape index (κ1) is 17.4. The second-order valence-electron chi connectivity index (χ2n) is 6.43. The van der Waals surface area contributed by atoms with E-state index < -0.39 is 11.8 Å². The van der Waals surface area contributed by atoms with E-state index in [9.17, 15) is 8.78 Å². The minimum Gasteiger partial charge on any atom is -0.379 e. The van der Waals surface area contributed by atoms with Gasteiger partial charge in [0, 0.05) is 29.1 Å². The second-order valence-corrected chi connectivity index (χ2v) is 8.07. The third-order valence-electron chi connectivity index (χ3n) is 4.72. The topological polar surface area (TPSA) is 64.2 Å². The molecule has 0 spiro atoms. The van der Waals surface area contributed by atoms with Gasteiger partial charge in [0.15, 0.2) is 5.17 Å². The van der Waals surface area contributed by atoms with Crippen LogP contribution in [-0.4, -0.2) is 20.4 Å². The highest BCUT2D eigenvalue weighted by atomic mass is 35.5. The molecule has 4 atom stereocenters. The lowest BCUT2D eigenvalue weighted by Crippen LogP contribution is -2.18. The van der Waals surface area contributed by atoms with Crippen LogP contribution in [0.15, 0.2) is 35.6 Å². The summed E-state index contributed by atoms with van der Waals surface area (Å²) < 4.78 is 28.8. The van der Waals surface area contributed by atoms with E-state index >= 15 is 0 Å². The van der Waals surface area contributed by atoms with Crippen molar-refractivity contribution in [2.24, 2.45) is 22.6 Å². The predicted molar refractivity (Wildman–Crippen MR) is 101 cm³/mol. The maximum atomic E-state index is 14.4. The first-order chi connectivity index (χ1) is 12.4. The SMILES string of the molecule is C[C@@H]1C2SC(N)=NC(c3cc(/C=C(\F)c4ccc(Cl)cn4)cnc3F)C21. The molecule has 2 aromatic heterocycles. The van der Waals surface area contributed by atoms with Crippen molar-refractivity contribution in [3.63, 3.8) is 0 Å². The molecule has 0 aromatic carbocycles. The Morgan fingerprint density at radius 2 is 2.12 bits per heavy atom. The van der Waals surface area contributed by atoms with Gasteiger partial charge in [-0.25, -0.2) is 9.37 Å². The average Bonchev–Trinajstić information content (AvgIpc) is 3.26. The Kier molecular flexibility index (Phi) is 4.44. The van der Waals surface area contributed by atoms with Crippen molar-refractivity contribution < 1.29 is 8.78 Å². The quantitative estimate of drug-likeness (QED) is 0.782. The van der Waals surface area contributed by atoms with Gasteiger partial charge in [-0.15, -0.1) is 0 Å². The molecule has 2 N–H and O–H groups in total. The van der Waals surface area contributed by atoms with Gasteiger partial charge in [-0.2, -0.15) is 4.39 Å². The van der Waals surface area contributed by atoms with Crippen molar-refractivity contribution in [2.75, 3.05) is 0 Å². The zero-order chi connectivity index (χ0) is 18.4. The highest BCUT2D eigenvalue weighted by molar-refractivity contribution is 8.14. The molecule has 1 saturated carbocycles. The number of nitrogens with zero attached hydrogens (tertiary/aromatic N) is 3. The molecule has 26 heavy (non-hydrogen) atoms. The Morgan fingerprint density at radius 3 is 2.85 bits per heavy atom. The fourth-order valence-corrected chi connectivity index (χ4v) is 4.71. The Labute approximate surface area is 158 Å². The summed E-state index contributed by atoms with van der Waals surface area (Å²) in [4.78, 5) is 12.1. The van der Waals surface area contributed by atoms with Crippen LogP contribution in [0, 0.1) is 17.8 Å². The molecular formula is C18H15ClF2N4S. The van der Waals surface area contributed by atoms with Gasteiger partial charge in [0.2, 0.25) is 5.95 Å². The fourth-order valence-electron chi connectivity index (χ4n) is 3.28. The van der Waals surface area contributed by atoms with Crippen molar-refractivity contribution >= 4 is 40.4 Å². The summed E-state index contributed by atoms with van der Waals surface area (Å²) in [6, 6.07) is 4.23. The minimum atomic E-state index is -0.599. The lowest BCUT2D eigenvalue weighted by atomic mass is 10.0. The van der Waals surface area contributed by atoms with Crippen LogP contribution >= 0.6 is 23.4 Å². The van der Waals surface area contributed by atoms with Gasteiger partial charge in [-0.05, 0) is 35.8 Å². The second kappa shape index (κ2) is 6.63. The number of fused-ring (bicyclic) bond motifs is 1. The number of amidine groups is 1. The van der Waals surface area contributed by atoms with Gasteiger partial charge in [-0.3, -0.25) is 9.98 Å². The van der Waals surface area contributed by atoms with E-state index in [-0.39, 0.29) is 17.7 Å². The summed E-state index contributed by atoms with van der Waals surface area (Å²) in [5.74, 6) is -0.520. The number of aromatic nitrogens is 2. The molecule has 1 aliphatic heterocycles. The lowest BCUT2D eigenvalue weighted by Gasteiger charge is -2.18. The number of nitrogens with two attached hydrogens (primary N) is 1. The molecule has 0 bridgehead atoms. The van der Waals surface area contributed by atoms with Crippen LogP contribution < -0.4 is 5.73 Å². The van der Waals surface area contributed by atoms with Crippen molar-refractivity contribution in [1.82, 2.24) is 9.97 Å². The van der Waals surface area contributed by atoms with E-state index in [1.807, 2.05) is 0 Å². The summed E-state index contributed by atoms with van der Waals surface area (Å²) >= 11 is 7.30. The maximum absolute atomic E-state index is 14.4. The Balaban J connectivity index is 1.67. The van der Waals surface area contributed by atoms with Crippen molar-refractivity contribution in [2.45, 2.75) is 18.2 Å². The predicted octanol–water partition coefficient (Wildman–Crippen LogP) is 4.47. The van der Waals surface area contributed by atoms with Crippen molar-refractivity contribution in [3.8, 4) is 0 Å². The normalized spacial score (nSPS) is 27.7. The van der Waals surface area contributed by atoms with E-state index in [0.29, 0.717) is 32.5 Å². The van der Waals surface area contributed by atoms with Gasteiger partial charge in [0.25, 0.3) is 0 Å². The standard InChI is InChI=1S/C18H15ClF2N4S/c1-8-14-15(25-18(22)26-16(8)14)11-4-9(6-24-17(11)21)5-12(20)13-3-2-10(19)7-23-13/h2-8,14-16H,1H3,(H2,22,25)/b12-5-/t8-,14?,15?,16?/m0/s1. The molecule has 3 unspecified atom stereocenters. The first-order valence-electron chi connectivity index (χ1n) is 8.08. The monoisotopic (exact) mass is 392 g/mol. The van der Waals surface area contributed by atoms with Crippen LogP contribution in [-0.2, 0) is 0 Å². The number of rotatable bonds is 3. The van der Waals surface area contributed by atoms with E-state index in [1.165, 1.54) is 36.3 Å². The molecule has 134 valence electrons. The number of hydrogen-bond acceptors (Lipinski definition) is 5. The van der Waals surface area contributed by atoms with E-state index in [0.717, 1.165) is 0 Å². The fraction of sp³-hybridized carbons (Fsp3) is 0.278. The van der Waals surface area contributed by atoms with E-state index in [1.54, 1.807) is 12.1 Å². The summed E-state index contributed by atoms with van der Waals surface area (Å²) in [6.07, 6.45) is 3.92. The minimum absolute atomic E-state index is 0.146. The Morgan fingerprint density at radius 1 is 1.31 bits per heavy atom. The molecule has 2 aliphatic rings. The van der Waals surface area contributed by atoms with Gasteiger partial charge < -0.3 is 5.73 Å². The van der Waals surface area contributed by atoms with Crippen LogP contribution in [0.25, 0.3) is 11.9 Å². The molecule has 1 aliphatic carbocycles. The average molecular weight is 393 g/mol. The van der Waals surface area contributed by atoms with Crippen LogP contribution in [0.1, 0.15) is 29.8 Å². The lowest BCUT2D eigenvalue weighted by molar-refractivity contribution is 0.514. The maximum Gasteiger partial charge on any atom is 0.218 e. The zero-order valence-electron chi connectivity index (χ0n) is 13.7. The highest BCUT2D eigenvalue weighted by Gasteiger charge is 2.55. The molecule has 8 heteroatoms. The van der Waals surface area contributed by atoms with Crippen LogP contribution in [0.2, 0.25) is 5.02 Å². The summed E-state index contributed by atoms with van der Waals surface area (Å²) in [7, 11) is 0. The Bertz CT molecular complexity index is 916. The summed E-state index contributed by atoms with van der Waals surface area (Å²) in [5.41, 5.74) is 6.81. The molecule has 0 amide bonds. The zero-order valence-corrected chi connectivity index (χ0v) is 15.3. The third kappa shape index (κ3) is 3.21. The van der Waals surface area contributed by atoms with Gasteiger partial charge in [0.1, 0.15) is 5.83 Å². The first-order valence-corrected chi connectivity index (χ1v) is 9.34. The largest absolute Gasteiger partial charge is 0.379 e. The van der Waals surface area contributed by atoms with Crippen molar-refractivity contribution in [1.29, 1.82) is 0 Å². The molecule has 0 saturated heterocycles. The molecule has 4 rings (SSSR count). The van der Waals surface area contributed by atoms with Gasteiger partial charge >= 0.3 is 0 Å². The number of aliphatic imine (C=N–C) groups is 1. The molecular weight excluding hydrogens is 378 g/mol. The van der Waals surface area contributed by atoms with Crippen LogP contribution in [0.3, 0.4) is 0 Å². The third-order valence-corrected chi connectivity index (χ3v) is 6.31. The van der Waals surface area contributed by atoms with E-state index in [2.05, 4.69) is 21.9 Å². The van der Waals surface area contributed by atoms with Crippen LogP contribution in [0.5, 0.6) is 0 Å². The molecule has 1 fully saturated rings. The van der Waals surface area contributed by atoms with Gasteiger partial charge in [0.05, 0.1) is 16.8 Å². The molecule has 0 radical (unpaired) electrons.